The number of nitrogens with one attached hydrogen (secondary N) is 1. The first-order valence-electron chi connectivity index (χ1n) is 6.45. The highest BCUT2D eigenvalue weighted by molar-refractivity contribution is 5.15. The summed E-state index contributed by atoms with van der Waals surface area (Å²) >= 11 is 0. The van der Waals surface area contributed by atoms with Crippen molar-refractivity contribution in [2.45, 2.75) is 45.2 Å². The van der Waals surface area contributed by atoms with E-state index >= 15 is 0 Å². The predicted octanol–water partition coefficient (Wildman–Crippen LogP) is 2.01. The van der Waals surface area contributed by atoms with Crippen molar-refractivity contribution < 1.29 is 0 Å². The van der Waals surface area contributed by atoms with Crippen LogP contribution in [0.2, 0.25) is 0 Å². The quantitative estimate of drug-likeness (QED) is 0.842. The fraction of sp³-hybridized carbons (Fsp3) is 0.769. The van der Waals surface area contributed by atoms with E-state index in [0.717, 1.165) is 30.1 Å². The molecule has 0 spiro atoms. The Morgan fingerprint density at radius 2 is 2.31 bits per heavy atom. The van der Waals surface area contributed by atoms with E-state index in [1.54, 1.807) is 0 Å². The molecule has 2 bridgehead atoms. The second-order valence-electron chi connectivity index (χ2n) is 5.58. The third-order valence-electron chi connectivity index (χ3n) is 4.41. The lowest BCUT2D eigenvalue weighted by atomic mass is 9.95. The summed E-state index contributed by atoms with van der Waals surface area (Å²) in [5.41, 5.74) is 2.52. The highest BCUT2D eigenvalue weighted by Crippen LogP contribution is 2.44. The van der Waals surface area contributed by atoms with Gasteiger partial charge in [-0.25, -0.2) is 0 Å². The number of rotatable bonds is 3. The second kappa shape index (κ2) is 3.88. The Balaban J connectivity index is 1.59. The SMILES string of the molecule is Cc1nn(C)cc1CNC1CC2CCC1C2. The Hall–Kier alpha value is -0.830. The van der Waals surface area contributed by atoms with Crippen LogP contribution >= 0.6 is 0 Å². The maximum Gasteiger partial charge on any atom is 0.0638 e. The number of fused-ring (bicyclic) bond motifs is 2. The third-order valence-corrected chi connectivity index (χ3v) is 4.41. The topological polar surface area (TPSA) is 29.9 Å². The number of aryl methyl sites for hydroxylation is 2. The summed E-state index contributed by atoms with van der Waals surface area (Å²) in [6, 6.07) is 0.776. The van der Waals surface area contributed by atoms with Crippen LogP contribution < -0.4 is 5.32 Å². The number of nitrogens with zero attached hydrogens (tertiary/aromatic N) is 2. The zero-order valence-electron chi connectivity index (χ0n) is 10.2. The molecule has 1 heterocycles. The van der Waals surface area contributed by atoms with Gasteiger partial charge in [0.1, 0.15) is 0 Å². The van der Waals surface area contributed by atoms with Gasteiger partial charge in [0.2, 0.25) is 0 Å². The average Bonchev–Trinajstić information content (AvgIpc) is 2.91. The van der Waals surface area contributed by atoms with Crippen LogP contribution in [0.3, 0.4) is 0 Å². The summed E-state index contributed by atoms with van der Waals surface area (Å²) in [6.45, 7) is 3.09. The molecule has 16 heavy (non-hydrogen) atoms. The van der Waals surface area contributed by atoms with Crippen molar-refractivity contribution in [3.05, 3.63) is 17.5 Å². The van der Waals surface area contributed by atoms with Crippen molar-refractivity contribution >= 4 is 0 Å². The number of hydrogen-bond donors (Lipinski definition) is 1. The molecule has 0 saturated heterocycles. The summed E-state index contributed by atoms with van der Waals surface area (Å²) < 4.78 is 1.91. The molecule has 2 aliphatic rings. The normalized spacial score (nSPS) is 32.5. The molecule has 3 rings (SSSR count). The van der Waals surface area contributed by atoms with Crippen LogP contribution in [-0.2, 0) is 13.6 Å². The van der Waals surface area contributed by atoms with Gasteiger partial charge in [-0.3, -0.25) is 4.68 Å². The molecule has 0 amide bonds. The summed E-state index contributed by atoms with van der Waals surface area (Å²) in [4.78, 5) is 0. The summed E-state index contributed by atoms with van der Waals surface area (Å²) in [7, 11) is 1.99. The zero-order chi connectivity index (χ0) is 11.1. The van der Waals surface area contributed by atoms with Gasteiger partial charge in [-0.1, -0.05) is 6.42 Å². The molecule has 2 saturated carbocycles. The molecule has 0 radical (unpaired) electrons. The lowest BCUT2D eigenvalue weighted by Gasteiger charge is -2.22. The highest BCUT2D eigenvalue weighted by atomic mass is 15.3. The molecule has 88 valence electrons. The maximum atomic E-state index is 4.38. The molecule has 2 aliphatic carbocycles. The van der Waals surface area contributed by atoms with E-state index in [-0.39, 0.29) is 0 Å². The molecule has 1 N–H and O–H groups in total. The summed E-state index contributed by atoms with van der Waals surface area (Å²) in [6.07, 6.45) is 7.95. The Kier molecular flexibility index (Phi) is 2.51. The molecule has 3 unspecified atom stereocenters. The largest absolute Gasteiger partial charge is 0.310 e. The summed E-state index contributed by atoms with van der Waals surface area (Å²) in [5.74, 6) is 1.99. The monoisotopic (exact) mass is 219 g/mol. The van der Waals surface area contributed by atoms with E-state index in [4.69, 9.17) is 0 Å². The Labute approximate surface area is 97.2 Å². The van der Waals surface area contributed by atoms with Crippen molar-refractivity contribution in [1.29, 1.82) is 0 Å². The van der Waals surface area contributed by atoms with E-state index in [9.17, 15) is 0 Å². The highest BCUT2D eigenvalue weighted by Gasteiger charge is 2.38. The van der Waals surface area contributed by atoms with Crippen molar-refractivity contribution in [2.24, 2.45) is 18.9 Å². The standard InChI is InChI=1S/C13H21N3/c1-9-12(8-16(2)15-9)7-14-13-6-10-3-4-11(13)5-10/h8,10-11,13-14H,3-7H2,1-2H3. The fourth-order valence-electron chi connectivity index (χ4n) is 3.56. The van der Waals surface area contributed by atoms with Gasteiger partial charge in [0, 0.05) is 31.4 Å². The second-order valence-corrected chi connectivity index (χ2v) is 5.58. The zero-order valence-corrected chi connectivity index (χ0v) is 10.2. The number of aromatic nitrogens is 2. The van der Waals surface area contributed by atoms with Crippen LogP contribution in [0.15, 0.2) is 6.20 Å². The van der Waals surface area contributed by atoms with E-state index in [0.29, 0.717) is 0 Å². The Morgan fingerprint density at radius 1 is 1.44 bits per heavy atom. The van der Waals surface area contributed by atoms with E-state index in [2.05, 4.69) is 23.5 Å². The maximum absolute atomic E-state index is 4.38. The Bertz CT molecular complexity index is 383. The van der Waals surface area contributed by atoms with Gasteiger partial charge in [0.15, 0.2) is 0 Å². The molecular weight excluding hydrogens is 198 g/mol. The number of hydrogen-bond acceptors (Lipinski definition) is 2. The van der Waals surface area contributed by atoms with Crippen molar-refractivity contribution in [3.8, 4) is 0 Å². The lowest BCUT2D eigenvalue weighted by Crippen LogP contribution is -2.33. The molecule has 0 aromatic carbocycles. The van der Waals surface area contributed by atoms with Crippen LogP contribution in [0.1, 0.15) is 36.9 Å². The van der Waals surface area contributed by atoms with Gasteiger partial charge >= 0.3 is 0 Å². The van der Waals surface area contributed by atoms with Gasteiger partial charge < -0.3 is 5.32 Å². The molecule has 3 atom stereocenters. The van der Waals surface area contributed by atoms with Gasteiger partial charge in [-0.15, -0.1) is 0 Å². The van der Waals surface area contributed by atoms with Crippen molar-refractivity contribution in [2.75, 3.05) is 0 Å². The van der Waals surface area contributed by atoms with E-state index in [1.807, 2.05) is 11.7 Å². The Morgan fingerprint density at radius 3 is 2.88 bits per heavy atom. The first-order chi connectivity index (χ1) is 7.72. The average molecular weight is 219 g/mol. The lowest BCUT2D eigenvalue weighted by molar-refractivity contribution is 0.350. The first-order valence-corrected chi connectivity index (χ1v) is 6.45. The van der Waals surface area contributed by atoms with Crippen LogP contribution in [0.25, 0.3) is 0 Å². The minimum Gasteiger partial charge on any atom is -0.310 e. The van der Waals surface area contributed by atoms with Gasteiger partial charge in [-0.2, -0.15) is 5.10 Å². The molecular formula is C13H21N3. The minimum absolute atomic E-state index is 0.776. The van der Waals surface area contributed by atoms with E-state index < -0.39 is 0 Å². The van der Waals surface area contributed by atoms with Crippen LogP contribution in [0.5, 0.6) is 0 Å². The van der Waals surface area contributed by atoms with Crippen LogP contribution in [0.4, 0.5) is 0 Å². The van der Waals surface area contributed by atoms with Crippen LogP contribution in [0, 0.1) is 18.8 Å². The minimum atomic E-state index is 0.776. The third kappa shape index (κ3) is 1.77. The smallest absolute Gasteiger partial charge is 0.0638 e. The fourth-order valence-corrected chi connectivity index (χ4v) is 3.56. The van der Waals surface area contributed by atoms with E-state index in [1.165, 1.54) is 31.2 Å². The first kappa shape index (κ1) is 10.3. The van der Waals surface area contributed by atoms with Crippen molar-refractivity contribution in [3.63, 3.8) is 0 Å². The molecule has 3 heteroatoms. The van der Waals surface area contributed by atoms with Gasteiger partial charge in [-0.05, 0) is 38.0 Å². The van der Waals surface area contributed by atoms with Gasteiger partial charge in [0.25, 0.3) is 0 Å². The molecule has 2 fully saturated rings. The molecule has 1 aromatic rings. The van der Waals surface area contributed by atoms with Crippen LogP contribution in [-0.4, -0.2) is 15.8 Å². The molecule has 1 aromatic heterocycles. The molecule has 3 nitrogen and oxygen atoms in total. The summed E-state index contributed by atoms with van der Waals surface area (Å²) in [5, 5.41) is 8.11. The van der Waals surface area contributed by atoms with Crippen molar-refractivity contribution in [1.82, 2.24) is 15.1 Å². The molecule has 0 aliphatic heterocycles. The predicted molar refractivity (Wildman–Crippen MR) is 64.0 cm³/mol. The van der Waals surface area contributed by atoms with Gasteiger partial charge in [0.05, 0.1) is 5.69 Å².